The van der Waals surface area contributed by atoms with E-state index in [1.807, 2.05) is 20.8 Å². The number of carboxylic acids is 1. The van der Waals surface area contributed by atoms with Crippen LogP contribution in [-0.4, -0.2) is 41.6 Å². The van der Waals surface area contributed by atoms with Crippen LogP contribution in [0.15, 0.2) is 0 Å². The first-order chi connectivity index (χ1) is 8.47. The van der Waals surface area contributed by atoms with Crippen molar-refractivity contribution in [1.82, 2.24) is 10.2 Å². The maximum absolute atomic E-state index is 11.9. The molecule has 0 aromatic carbocycles. The first kappa shape index (κ1) is 16.7. The number of urea groups is 1. The Bertz CT molecular complexity index is 265. The molecule has 0 bridgehead atoms. The van der Waals surface area contributed by atoms with Crippen LogP contribution in [-0.2, 0) is 4.79 Å². The molecule has 0 saturated heterocycles. The third-order valence-corrected chi connectivity index (χ3v) is 3.30. The van der Waals surface area contributed by atoms with Gasteiger partial charge in [0.05, 0.1) is 5.92 Å². The van der Waals surface area contributed by atoms with Crippen molar-refractivity contribution in [3.63, 3.8) is 0 Å². The van der Waals surface area contributed by atoms with Crippen LogP contribution >= 0.6 is 0 Å². The van der Waals surface area contributed by atoms with Crippen LogP contribution in [0.2, 0.25) is 0 Å². The molecule has 1 atom stereocenters. The third-order valence-electron chi connectivity index (χ3n) is 3.30. The molecule has 106 valence electrons. The molecule has 2 N–H and O–H groups in total. The molecule has 0 heterocycles. The fraction of sp³-hybridized carbons (Fsp3) is 0.846. The van der Waals surface area contributed by atoms with E-state index in [1.165, 1.54) is 0 Å². The number of amides is 2. The summed E-state index contributed by atoms with van der Waals surface area (Å²) in [7, 11) is 1.75. The monoisotopic (exact) mass is 258 g/mol. The van der Waals surface area contributed by atoms with Crippen molar-refractivity contribution in [3.05, 3.63) is 0 Å². The highest BCUT2D eigenvalue weighted by atomic mass is 16.4. The molecule has 2 amide bonds. The van der Waals surface area contributed by atoms with Crippen LogP contribution in [0, 0.1) is 5.92 Å². The Morgan fingerprint density at radius 3 is 2.17 bits per heavy atom. The molecule has 0 aromatic heterocycles. The van der Waals surface area contributed by atoms with Gasteiger partial charge in [-0.3, -0.25) is 4.79 Å². The number of hydrogen-bond donors (Lipinski definition) is 2. The predicted octanol–water partition coefficient (Wildman–Crippen LogP) is 2.32. The average molecular weight is 258 g/mol. The van der Waals surface area contributed by atoms with Crippen LogP contribution in [0.1, 0.15) is 46.5 Å². The number of carbonyl (C=O) groups excluding carboxylic acids is 1. The molecule has 0 spiro atoms. The second kappa shape index (κ2) is 8.78. The summed E-state index contributed by atoms with van der Waals surface area (Å²) >= 11 is 0. The summed E-state index contributed by atoms with van der Waals surface area (Å²) in [6.45, 7) is 6.21. The van der Waals surface area contributed by atoms with Crippen LogP contribution in [0.5, 0.6) is 0 Å². The number of carboxylic acid groups (broad SMARTS) is 1. The first-order valence-electron chi connectivity index (χ1n) is 6.71. The van der Waals surface area contributed by atoms with Crippen molar-refractivity contribution in [3.8, 4) is 0 Å². The minimum atomic E-state index is -0.845. The molecule has 18 heavy (non-hydrogen) atoms. The van der Waals surface area contributed by atoms with Gasteiger partial charge < -0.3 is 15.3 Å². The fourth-order valence-electron chi connectivity index (χ4n) is 2.00. The lowest BCUT2D eigenvalue weighted by Gasteiger charge is -2.27. The number of carbonyl (C=O) groups is 2. The topological polar surface area (TPSA) is 69.6 Å². The van der Waals surface area contributed by atoms with Gasteiger partial charge in [0.15, 0.2) is 0 Å². The summed E-state index contributed by atoms with van der Waals surface area (Å²) in [5, 5.41) is 11.7. The van der Waals surface area contributed by atoms with Gasteiger partial charge in [-0.1, -0.05) is 27.2 Å². The summed E-state index contributed by atoms with van der Waals surface area (Å²) in [6.07, 6.45) is 3.19. The van der Waals surface area contributed by atoms with E-state index < -0.39 is 11.9 Å². The normalized spacial score (nSPS) is 12.3. The van der Waals surface area contributed by atoms with Crippen molar-refractivity contribution in [2.75, 3.05) is 13.6 Å². The summed E-state index contributed by atoms with van der Waals surface area (Å²) in [4.78, 5) is 24.5. The molecular weight excluding hydrogens is 232 g/mol. The molecule has 5 nitrogen and oxygen atoms in total. The van der Waals surface area contributed by atoms with E-state index >= 15 is 0 Å². The van der Waals surface area contributed by atoms with Crippen molar-refractivity contribution in [1.29, 1.82) is 0 Å². The van der Waals surface area contributed by atoms with Gasteiger partial charge in [-0.2, -0.15) is 0 Å². The summed E-state index contributed by atoms with van der Waals surface area (Å²) in [6, 6.07) is 0.0190. The van der Waals surface area contributed by atoms with E-state index in [-0.39, 0.29) is 18.6 Å². The number of nitrogens with zero attached hydrogens (tertiary/aromatic N) is 1. The van der Waals surface area contributed by atoms with E-state index in [0.29, 0.717) is 6.42 Å². The maximum Gasteiger partial charge on any atom is 0.317 e. The Kier molecular flexibility index (Phi) is 8.16. The van der Waals surface area contributed by atoms with Crippen molar-refractivity contribution in [2.24, 2.45) is 5.92 Å². The lowest BCUT2D eigenvalue weighted by molar-refractivity contribution is -0.141. The van der Waals surface area contributed by atoms with Gasteiger partial charge >= 0.3 is 12.0 Å². The first-order valence-corrected chi connectivity index (χ1v) is 6.71. The Labute approximate surface area is 110 Å². The Morgan fingerprint density at radius 2 is 1.78 bits per heavy atom. The van der Waals surface area contributed by atoms with Crippen LogP contribution in [0.3, 0.4) is 0 Å². The lowest BCUT2D eigenvalue weighted by Crippen LogP contribution is -2.45. The molecule has 0 saturated carbocycles. The minimum Gasteiger partial charge on any atom is -0.481 e. The zero-order chi connectivity index (χ0) is 14.1. The fourth-order valence-corrected chi connectivity index (χ4v) is 2.00. The average Bonchev–Trinajstić information content (AvgIpc) is 2.34. The second-order valence-corrected chi connectivity index (χ2v) is 4.59. The Hall–Kier alpha value is -1.26. The SMILES string of the molecule is CCCC(CNC(=O)N(C)C(CC)CC)C(=O)O. The molecule has 0 aliphatic rings. The van der Waals surface area contributed by atoms with E-state index in [4.69, 9.17) is 5.11 Å². The molecule has 0 aliphatic heterocycles. The highest BCUT2D eigenvalue weighted by Crippen LogP contribution is 2.08. The molecule has 0 radical (unpaired) electrons. The van der Waals surface area contributed by atoms with Gasteiger partial charge in [0.25, 0.3) is 0 Å². The minimum absolute atomic E-state index is 0.189. The highest BCUT2D eigenvalue weighted by Gasteiger charge is 2.20. The van der Waals surface area contributed by atoms with Crippen molar-refractivity contribution < 1.29 is 14.7 Å². The van der Waals surface area contributed by atoms with Crippen molar-refractivity contribution in [2.45, 2.75) is 52.5 Å². The summed E-state index contributed by atoms with van der Waals surface area (Å²) in [5.41, 5.74) is 0. The van der Waals surface area contributed by atoms with Gasteiger partial charge in [-0.05, 0) is 19.3 Å². The van der Waals surface area contributed by atoms with Gasteiger partial charge in [0.2, 0.25) is 0 Å². The van der Waals surface area contributed by atoms with Crippen LogP contribution < -0.4 is 5.32 Å². The Morgan fingerprint density at radius 1 is 1.22 bits per heavy atom. The molecule has 1 unspecified atom stereocenters. The van der Waals surface area contributed by atoms with E-state index in [9.17, 15) is 9.59 Å². The summed E-state index contributed by atoms with van der Waals surface area (Å²) < 4.78 is 0. The smallest absolute Gasteiger partial charge is 0.317 e. The molecule has 0 fully saturated rings. The van der Waals surface area contributed by atoms with Crippen LogP contribution in [0.4, 0.5) is 4.79 Å². The van der Waals surface area contributed by atoms with Gasteiger partial charge in [0.1, 0.15) is 0 Å². The van der Waals surface area contributed by atoms with Crippen LogP contribution in [0.25, 0.3) is 0 Å². The standard InChI is InChI=1S/C13H26N2O3/c1-5-8-10(12(16)17)9-14-13(18)15(4)11(6-2)7-3/h10-11H,5-9H2,1-4H3,(H,14,18)(H,16,17). The van der Waals surface area contributed by atoms with Gasteiger partial charge in [-0.25, -0.2) is 4.79 Å². The quantitative estimate of drug-likeness (QED) is 0.702. The molecular formula is C13H26N2O3. The maximum atomic E-state index is 11.9. The van der Waals surface area contributed by atoms with E-state index in [0.717, 1.165) is 19.3 Å². The van der Waals surface area contributed by atoms with Gasteiger partial charge in [-0.15, -0.1) is 0 Å². The zero-order valence-corrected chi connectivity index (χ0v) is 11.9. The predicted molar refractivity (Wildman–Crippen MR) is 71.6 cm³/mol. The lowest BCUT2D eigenvalue weighted by atomic mass is 10.0. The number of aliphatic carboxylic acids is 1. The zero-order valence-electron chi connectivity index (χ0n) is 11.9. The summed E-state index contributed by atoms with van der Waals surface area (Å²) in [5.74, 6) is -1.34. The molecule has 0 aromatic rings. The number of nitrogens with one attached hydrogen (secondary N) is 1. The second-order valence-electron chi connectivity index (χ2n) is 4.59. The third kappa shape index (κ3) is 5.38. The number of rotatable bonds is 8. The Balaban J connectivity index is 4.26. The van der Waals surface area contributed by atoms with E-state index in [2.05, 4.69) is 5.32 Å². The van der Waals surface area contributed by atoms with Gasteiger partial charge in [0, 0.05) is 19.6 Å². The molecule has 5 heteroatoms. The largest absolute Gasteiger partial charge is 0.481 e. The van der Waals surface area contributed by atoms with E-state index in [1.54, 1.807) is 11.9 Å². The molecule has 0 aliphatic carbocycles. The molecule has 0 rings (SSSR count). The number of hydrogen-bond acceptors (Lipinski definition) is 2. The highest BCUT2D eigenvalue weighted by molar-refractivity contribution is 5.76. The van der Waals surface area contributed by atoms with Crippen molar-refractivity contribution >= 4 is 12.0 Å².